The molecular formula is C23H34O5. The molecule has 0 radical (unpaired) electrons. The van der Waals surface area contributed by atoms with Crippen LogP contribution in [-0.2, 0) is 23.8 Å². The predicted octanol–water partition coefficient (Wildman–Crippen LogP) is 4.50. The van der Waals surface area contributed by atoms with Crippen LogP contribution in [0.2, 0.25) is 0 Å². The van der Waals surface area contributed by atoms with E-state index in [0.717, 1.165) is 25.7 Å². The quantitative estimate of drug-likeness (QED) is 0.375. The third-order valence-corrected chi connectivity index (χ3v) is 7.12. The van der Waals surface area contributed by atoms with Crippen LogP contribution >= 0.6 is 0 Å². The minimum atomic E-state index is -0.764. The number of allylic oxidation sites excluding steroid dienone is 2. The van der Waals surface area contributed by atoms with E-state index in [4.69, 9.17) is 14.2 Å². The molecule has 0 aliphatic carbocycles. The first kappa shape index (κ1) is 21.1. The molecule has 2 bridgehead atoms. The summed E-state index contributed by atoms with van der Waals surface area (Å²) in [6, 6.07) is 0. The molecule has 3 aliphatic heterocycles. The molecule has 0 N–H and O–H groups in total. The average molecular weight is 391 g/mol. The molecule has 6 atom stereocenters. The maximum atomic E-state index is 12.3. The van der Waals surface area contributed by atoms with Gasteiger partial charge in [0.15, 0.2) is 0 Å². The van der Waals surface area contributed by atoms with Crippen LogP contribution in [0.1, 0.15) is 73.1 Å². The highest BCUT2D eigenvalue weighted by Crippen LogP contribution is 2.50. The van der Waals surface area contributed by atoms with Crippen LogP contribution < -0.4 is 0 Å². The van der Waals surface area contributed by atoms with Crippen molar-refractivity contribution in [2.24, 2.45) is 11.8 Å². The van der Waals surface area contributed by atoms with Crippen LogP contribution in [0.5, 0.6) is 0 Å². The van der Waals surface area contributed by atoms with Crippen molar-refractivity contribution in [3.05, 3.63) is 23.8 Å². The van der Waals surface area contributed by atoms with Gasteiger partial charge in [0.2, 0.25) is 0 Å². The van der Waals surface area contributed by atoms with Crippen LogP contribution in [0, 0.1) is 11.8 Å². The molecule has 28 heavy (non-hydrogen) atoms. The molecule has 0 aromatic rings. The van der Waals surface area contributed by atoms with Crippen LogP contribution in [0.25, 0.3) is 0 Å². The Balaban J connectivity index is 2.03. The Morgan fingerprint density at radius 3 is 2.75 bits per heavy atom. The number of ether oxygens (including phenoxy) is 3. The normalized spacial score (nSPS) is 41.8. The zero-order chi connectivity index (χ0) is 20.7. The van der Waals surface area contributed by atoms with Gasteiger partial charge in [-0.25, -0.2) is 4.79 Å². The van der Waals surface area contributed by atoms with Gasteiger partial charge < -0.3 is 14.2 Å². The van der Waals surface area contributed by atoms with Gasteiger partial charge in [0.25, 0.3) is 0 Å². The van der Waals surface area contributed by atoms with Gasteiger partial charge in [0.1, 0.15) is 17.3 Å². The van der Waals surface area contributed by atoms with Gasteiger partial charge >= 0.3 is 11.9 Å². The van der Waals surface area contributed by atoms with Crippen molar-refractivity contribution in [2.45, 2.75) is 96.6 Å². The number of carbonyl (C=O) groups excluding carboxylic acids is 2. The van der Waals surface area contributed by atoms with Crippen LogP contribution in [-0.4, -0.2) is 35.3 Å². The lowest BCUT2D eigenvalue weighted by atomic mass is 9.70. The van der Waals surface area contributed by atoms with Gasteiger partial charge in [-0.05, 0) is 65.2 Å². The fourth-order valence-electron chi connectivity index (χ4n) is 5.10. The maximum Gasteiger partial charge on any atom is 0.334 e. The summed E-state index contributed by atoms with van der Waals surface area (Å²) in [5, 5.41) is 0. The van der Waals surface area contributed by atoms with E-state index < -0.39 is 11.2 Å². The maximum absolute atomic E-state index is 12.3. The van der Waals surface area contributed by atoms with Gasteiger partial charge in [-0.15, -0.1) is 0 Å². The lowest BCUT2D eigenvalue weighted by Crippen LogP contribution is -2.61. The van der Waals surface area contributed by atoms with Crippen molar-refractivity contribution >= 4 is 11.9 Å². The molecule has 156 valence electrons. The minimum Gasteiger partial charge on any atom is -0.457 e. The molecule has 0 amide bonds. The monoisotopic (exact) mass is 390 g/mol. The second-order valence-corrected chi connectivity index (χ2v) is 9.27. The van der Waals surface area contributed by atoms with Crippen molar-refractivity contribution in [1.82, 2.24) is 0 Å². The molecule has 3 heterocycles. The molecule has 2 fully saturated rings. The Morgan fingerprint density at radius 1 is 1.36 bits per heavy atom. The number of hydrogen-bond donors (Lipinski definition) is 0. The van der Waals surface area contributed by atoms with Gasteiger partial charge in [-0.2, -0.15) is 0 Å². The molecule has 5 heteroatoms. The largest absolute Gasteiger partial charge is 0.457 e. The molecule has 6 unspecified atom stereocenters. The summed E-state index contributed by atoms with van der Waals surface area (Å²) in [6.45, 7) is 13.8. The Hall–Kier alpha value is -1.62. The SMILES string of the molecule is C=C1C(=O)OC2C1CC1OC2(C)C(C)CCCC(C)=CCCC1(C)OC(C)=O. The summed E-state index contributed by atoms with van der Waals surface area (Å²) in [5.74, 6) is -0.550. The number of hydrogen-bond acceptors (Lipinski definition) is 5. The summed E-state index contributed by atoms with van der Waals surface area (Å²) in [4.78, 5) is 24.2. The first-order chi connectivity index (χ1) is 13.1. The molecule has 3 aliphatic rings. The highest BCUT2D eigenvalue weighted by molar-refractivity contribution is 5.91. The third-order valence-electron chi connectivity index (χ3n) is 7.12. The van der Waals surface area contributed by atoms with Crippen molar-refractivity contribution < 1.29 is 23.8 Å². The van der Waals surface area contributed by atoms with E-state index in [1.165, 1.54) is 12.5 Å². The van der Waals surface area contributed by atoms with E-state index in [9.17, 15) is 9.59 Å². The number of esters is 2. The van der Waals surface area contributed by atoms with E-state index in [0.29, 0.717) is 18.4 Å². The van der Waals surface area contributed by atoms with E-state index in [-0.39, 0.29) is 36.0 Å². The lowest BCUT2D eigenvalue weighted by Gasteiger charge is -2.52. The summed E-state index contributed by atoms with van der Waals surface area (Å²) in [7, 11) is 0. The Bertz CT molecular complexity index is 695. The molecule has 0 spiro atoms. The second-order valence-electron chi connectivity index (χ2n) is 9.27. The third kappa shape index (κ3) is 3.78. The summed E-state index contributed by atoms with van der Waals surface area (Å²) in [6.07, 6.45) is 6.76. The molecule has 0 aromatic heterocycles. The smallest absolute Gasteiger partial charge is 0.334 e. The topological polar surface area (TPSA) is 61.8 Å². The number of rotatable bonds is 1. The Kier molecular flexibility index (Phi) is 5.77. The zero-order valence-electron chi connectivity index (χ0n) is 17.9. The first-order valence-electron chi connectivity index (χ1n) is 10.5. The number of carbonyl (C=O) groups is 2. The molecule has 0 saturated carbocycles. The summed E-state index contributed by atoms with van der Waals surface area (Å²) >= 11 is 0. The summed E-state index contributed by atoms with van der Waals surface area (Å²) in [5.41, 5.74) is 0.484. The second kappa shape index (κ2) is 7.66. The van der Waals surface area contributed by atoms with Crippen molar-refractivity contribution in [3.63, 3.8) is 0 Å². The van der Waals surface area contributed by atoms with Gasteiger partial charge in [0.05, 0.1) is 6.10 Å². The Labute approximate surface area is 168 Å². The fraction of sp³-hybridized carbons (Fsp3) is 0.739. The summed E-state index contributed by atoms with van der Waals surface area (Å²) < 4.78 is 18.3. The lowest BCUT2D eigenvalue weighted by molar-refractivity contribution is -0.258. The van der Waals surface area contributed by atoms with Crippen molar-refractivity contribution in [2.75, 3.05) is 0 Å². The zero-order valence-corrected chi connectivity index (χ0v) is 17.9. The molecule has 5 nitrogen and oxygen atoms in total. The van der Waals surface area contributed by atoms with Gasteiger partial charge in [-0.3, -0.25) is 4.79 Å². The molecular weight excluding hydrogens is 356 g/mol. The van der Waals surface area contributed by atoms with E-state index in [2.05, 4.69) is 33.4 Å². The van der Waals surface area contributed by atoms with Crippen LogP contribution in [0.3, 0.4) is 0 Å². The minimum absolute atomic E-state index is 0.103. The van der Waals surface area contributed by atoms with Gasteiger partial charge in [0, 0.05) is 18.4 Å². The van der Waals surface area contributed by atoms with E-state index in [1.54, 1.807) is 0 Å². The highest BCUT2D eigenvalue weighted by Gasteiger charge is 2.60. The average Bonchev–Trinajstić information content (AvgIpc) is 2.89. The first-order valence-corrected chi connectivity index (χ1v) is 10.5. The fourth-order valence-corrected chi connectivity index (χ4v) is 5.10. The van der Waals surface area contributed by atoms with Crippen LogP contribution in [0.15, 0.2) is 23.8 Å². The van der Waals surface area contributed by atoms with Crippen LogP contribution in [0.4, 0.5) is 0 Å². The number of fused-ring (bicyclic) bond motifs is 4. The molecule has 0 aromatic carbocycles. The van der Waals surface area contributed by atoms with Crippen molar-refractivity contribution in [1.29, 1.82) is 0 Å². The predicted molar refractivity (Wildman–Crippen MR) is 107 cm³/mol. The van der Waals surface area contributed by atoms with Gasteiger partial charge in [-0.1, -0.05) is 25.2 Å². The Morgan fingerprint density at radius 2 is 2.07 bits per heavy atom. The molecule has 2 saturated heterocycles. The van der Waals surface area contributed by atoms with Crippen molar-refractivity contribution in [3.8, 4) is 0 Å². The van der Waals surface area contributed by atoms with E-state index in [1.807, 2.05) is 6.92 Å². The molecule has 3 rings (SSSR count). The van der Waals surface area contributed by atoms with E-state index >= 15 is 0 Å². The standard InChI is InChI=1S/C23H34O5/c1-14-9-7-11-15(2)23(6)20-18(16(3)21(25)26-20)13-19(28-23)22(5,12-8-10-14)27-17(4)24/h10,15,18-20H,3,7-9,11-13H2,1-2,4-6H3. The highest BCUT2D eigenvalue weighted by atomic mass is 16.6.